The van der Waals surface area contributed by atoms with E-state index in [0.717, 1.165) is 11.5 Å². The average molecular weight is 263 g/mol. The lowest BCUT2D eigenvalue weighted by Crippen LogP contribution is -2.40. The minimum absolute atomic E-state index is 0.110. The molecule has 0 aliphatic heterocycles. The Labute approximate surface area is 115 Å². The SMILES string of the molecule is CC(C)C1CCCCC1NCc1ccc(O)cc1O. The smallest absolute Gasteiger partial charge is 0.123 e. The van der Waals surface area contributed by atoms with E-state index in [1.807, 2.05) is 0 Å². The highest BCUT2D eigenvalue weighted by atomic mass is 16.3. The van der Waals surface area contributed by atoms with Crippen molar-refractivity contribution in [3.8, 4) is 11.5 Å². The molecule has 2 atom stereocenters. The summed E-state index contributed by atoms with van der Waals surface area (Å²) in [5, 5.41) is 22.7. The van der Waals surface area contributed by atoms with Gasteiger partial charge in [0.1, 0.15) is 11.5 Å². The van der Waals surface area contributed by atoms with Crippen molar-refractivity contribution in [3.63, 3.8) is 0 Å². The molecule has 3 heteroatoms. The molecule has 0 bridgehead atoms. The van der Waals surface area contributed by atoms with Crippen molar-refractivity contribution in [2.45, 2.75) is 52.1 Å². The third-order valence-corrected chi connectivity index (χ3v) is 4.30. The van der Waals surface area contributed by atoms with Crippen LogP contribution in [0.15, 0.2) is 18.2 Å². The van der Waals surface area contributed by atoms with Crippen LogP contribution >= 0.6 is 0 Å². The zero-order chi connectivity index (χ0) is 13.8. The molecule has 0 radical (unpaired) electrons. The van der Waals surface area contributed by atoms with Crippen LogP contribution in [0.1, 0.15) is 45.1 Å². The minimum Gasteiger partial charge on any atom is -0.508 e. The van der Waals surface area contributed by atoms with Crippen LogP contribution in [0.4, 0.5) is 0 Å². The molecule has 3 nitrogen and oxygen atoms in total. The molecule has 2 rings (SSSR count). The number of rotatable bonds is 4. The van der Waals surface area contributed by atoms with Crippen molar-refractivity contribution < 1.29 is 10.2 Å². The molecule has 0 spiro atoms. The van der Waals surface area contributed by atoms with E-state index in [2.05, 4.69) is 19.2 Å². The van der Waals surface area contributed by atoms with Gasteiger partial charge in [-0.1, -0.05) is 32.8 Å². The molecule has 1 saturated carbocycles. The maximum Gasteiger partial charge on any atom is 0.123 e. The van der Waals surface area contributed by atoms with Crippen LogP contribution in [-0.2, 0) is 6.54 Å². The van der Waals surface area contributed by atoms with Gasteiger partial charge in [-0.05, 0) is 30.7 Å². The largest absolute Gasteiger partial charge is 0.508 e. The second kappa shape index (κ2) is 6.29. The summed E-state index contributed by atoms with van der Waals surface area (Å²) < 4.78 is 0. The maximum atomic E-state index is 9.80. The van der Waals surface area contributed by atoms with E-state index < -0.39 is 0 Å². The number of nitrogens with one attached hydrogen (secondary N) is 1. The first-order chi connectivity index (χ1) is 9.08. The maximum absolute atomic E-state index is 9.80. The predicted octanol–water partition coefficient (Wildman–Crippen LogP) is 3.40. The van der Waals surface area contributed by atoms with Gasteiger partial charge in [-0.2, -0.15) is 0 Å². The van der Waals surface area contributed by atoms with Crippen molar-refractivity contribution >= 4 is 0 Å². The highest BCUT2D eigenvalue weighted by Crippen LogP contribution is 2.31. The van der Waals surface area contributed by atoms with E-state index in [9.17, 15) is 10.2 Å². The Bertz CT molecular complexity index is 417. The highest BCUT2D eigenvalue weighted by molar-refractivity contribution is 5.38. The first-order valence-corrected chi connectivity index (χ1v) is 7.32. The van der Waals surface area contributed by atoms with E-state index in [1.54, 1.807) is 12.1 Å². The van der Waals surface area contributed by atoms with Crippen molar-refractivity contribution in [1.29, 1.82) is 0 Å². The van der Waals surface area contributed by atoms with Crippen LogP contribution < -0.4 is 5.32 Å². The van der Waals surface area contributed by atoms with E-state index in [4.69, 9.17) is 0 Å². The van der Waals surface area contributed by atoms with Crippen LogP contribution in [0.25, 0.3) is 0 Å². The monoisotopic (exact) mass is 263 g/mol. The number of hydrogen-bond donors (Lipinski definition) is 3. The van der Waals surface area contributed by atoms with Crippen molar-refractivity contribution in [3.05, 3.63) is 23.8 Å². The van der Waals surface area contributed by atoms with Gasteiger partial charge in [0.25, 0.3) is 0 Å². The van der Waals surface area contributed by atoms with E-state index in [-0.39, 0.29) is 11.5 Å². The first-order valence-electron chi connectivity index (χ1n) is 7.32. The van der Waals surface area contributed by atoms with Gasteiger partial charge in [0.15, 0.2) is 0 Å². The van der Waals surface area contributed by atoms with Gasteiger partial charge in [-0.3, -0.25) is 0 Å². The molecule has 1 aromatic rings. The third kappa shape index (κ3) is 3.63. The zero-order valence-electron chi connectivity index (χ0n) is 11.9. The lowest BCUT2D eigenvalue weighted by Gasteiger charge is -2.35. The van der Waals surface area contributed by atoms with Crippen molar-refractivity contribution in [2.75, 3.05) is 0 Å². The van der Waals surface area contributed by atoms with Gasteiger partial charge in [-0.25, -0.2) is 0 Å². The number of benzene rings is 1. The average Bonchev–Trinajstić information content (AvgIpc) is 2.38. The molecule has 3 N–H and O–H groups in total. The molecular weight excluding hydrogens is 238 g/mol. The van der Waals surface area contributed by atoms with E-state index in [0.29, 0.717) is 18.5 Å². The zero-order valence-corrected chi connectivity index (χ0v) is 11.9. The Morgan fingerprint density at radius 2 is 1.95 bits per heavy atom. The first kappa shape index (κ1) is 14.2. The Kier molecular flexibility index (Phi) is 4.70. The molecule has 1 aliphatic rings. The van der Waals surface area contributed by atoms with E-state index >= 15 is 0 Å². The molecular formula is C16H25NO2. The van der Waals surface area contributed by atoms with Crippen LogP contribution in [0, 0.1) is 11.8 Å². The third-order valence-electron chi connectivity index (χ3n) is 4.30. The molecule has 2 unspecified atom stereocenters. The molecule has 0 saturated heterocycles. The van der Waals surface area contributed by atoms with Crippen LogP contribution in [0.5, 0.6) is 11.5 Å². The quantitative estimate of drug-likeness (QED) is 0.780. The fourth-order valence-corrected chi connectivity index (χ4v) is 3.15. The predicted molar refractivity (Wildman–Crippen MR) is 77.2 cm³/mol. The summed E-state index contributed by atoms with van der Waals surface area (Å²) >= 11 is 0. The topological polar surface area (TPSA) is 52.5 Å². The second-order valence-electron chi connectivity index (χ2n) is 5.99. The minimum atomic E-state index is 0.110. The van der Waals surface area contributed by atoms with Gasteiger partial charge in [0.05, 0.1) is 0 Å². The van der Waals surface area contributed by atoms with Gasteiger partial charge >= 0.3 is 0 Å². The van der Waals surface area contributed by atoms with Gasteiger partial charge in [0.2, 0.25) is 0 Å². The molecule has 0 aromatic heterocycles. The van der Waals surface area contributed by atoms with Crippen LogP contribution in [-0.4, -0.2) is 16.3 Å². The summed E-state index contributed by atoms with van der Waals surface area (Å²) in [5.41, 5.74) is 0.853. The van der Waals surface area contributed by atoms with Crippen molar-refractivity contribution in [1.82, 2.24) is 5.32 Å². The molecule has 19 heavy (non-hydrogen) atoms. The summed E-state index contributed by atoms with van der Waals surface area (Å²) in [6, 6.07) is 5.35. The fourth-order valence-electron chi connectivity index (χ4n) is 3.15. The molecule has 1 fully saturated rings. The Balaban J connectivity index is 1.96. The Hall–Kier alpha value is -1.22. The highest BCUT2D eigenvalue weighted by Gasteiger charge is 2.27. The number of hydrogen-bond acceptors (Lipinski definition) is 3. The lowest BCUT2D eigenvalue weighted by atomic mass is 9.78. The lowest BCUT2D eigenvalue weighted by molar-refractivity contribution is 0.204. The fraction of sp³-hybridized carbons (Fsp3) is 0.625. The summed E-state index contributed by atoms with van der Waals surface area (Å²) in [7, 11) is 0. The normalized spacial score (nSPS) is 23.7. The van der Waals surface area contributed by atoms with Crippen molar-refractivity contribution in [2.24, 2.45) is 11.8 Å². The number of aromatic hydroxyl groups is 2. The molecule has 1 aliphatic carbocycles. The molecule has 0 amide bonds. The van der Waals surface area contributed by atoms with Crippen LogP contribution in [0.3, 0.4) is 0 Å². The summed E-state index contributed by atoms with van der Waals surface area (Å²) in [6.07, 6.45) is 5.16. The summed E-state index contributed by atoms with van der Waals surface area (Å²) in [5.74, 6) is 1.71. The number of phenols is 2. The second-order valence-corrected chi connectivity index (χ2v) is 5.99. The molecule has 1 aromatic carbocycles. The summed E-state index contributed by atoms with van der Waals surface area (Å²) in [4.78, 5) is 0. The van der Waals surface area contributed by atoms with Gasteiger partial charge in [0, 0.05) is 24.2 Å². The Morgan fingerprint density at radius 1 is 1.21 bits per heavy atom. The number of phenolic OH excluding ortho intramolecular Hbond substituents is 2. The van der Waals surface area contributed by atoms with E-state index in [1.165, 1.54) is 31.7 Å². The van der Waals surface area contributed by atoms with Crippen LogP contribution in [0.2, 0.25) is 0 Å². The van der Waals surface area contributed by atoms with Gasteiger partial charge in [-0.15, -0.1) is 0 Å². The molecule has 106 valence electrons. The Morgan fingerprint density at radius 3 is 2.63 bits per heavy atom. The standard InChI is InChI=1S/C16H25NO2/c1-11(2)14-5-3-4-6-15(14)17-10-12-7-8-13(18)9-16(12)19/h7-9,11,14-15,17-19H,3-6,10H2,1-2H3. The summed E-state index contributed by atoms with van der Waals surface area (Å²) in [6.45, 7) is 5.26. The molecule has 0 heterocycles. The van der Waals surface area contributed by atoms with Gasteiger partial charge < -0.3 is 15.5 Å².